The van der Waals surface area contributed by atoms with Gasteiger partial charge < -0.3 is 5.32 Å². The first kappa shape index (κ1) is 15.1. The molecule has 1 aliphatic carbocycles. The van der Waals surface area contributed by atoms with Gasteiger partial charge in [-0.05, 0) is 30.7 Å². The molecular weight excluding hydrogens is 353 g/mol. The number of aromatic nitrogens is 4. The number of hydrogen-bond acceptors (Lipinski definition) is 6. The predicted octanol–water partition coefficient (Wildman–Crippen LogP) is 4.66. The van der Waals surface area contributed by atoms with E-state index in [0.29, 0.717) is 17.4 Å². The van der Waals surface area contributed by atoms with Gasteiger partial charge in [-0.25, -0.2) is 19.9 Å². The third kappa shape index (κ3) is 2.65. The molecule has 4 rings (SSSR count). The number of thiophene rings is 1. The fourth-order valence-corrected chi connectivity index (χ4v) is 4.54. The lowest BCUT2D eigenvalue weighted by Gasteiger charge is -2.18. The predicted molar refractivity (Wildman–Crippen MR) is 93.9 cm³/mol. The van der Waals surface area contributed by atoms with Gasteiger partial charge in [0.15, 0.2) is 10.3 Å². The highest BCUT2D eigenvalue weighted by Crippen LogP contribution is 2.41. The Labute approximate surface area is 147 Å². The van der Waals surface area contributed by atoms with Crippen molar-refractivity contribution >= 4 is 56.3 Å². The molecule has 8 heteroatoms. The Balaban J connectivity index is 1.86. The average Bonchev–Trinajstić information content (AvgIpc) is 2.89. The molecule has 0 fully saturated rings. The van der Waals surface area contributed by atoms with Gasteiger partial charge in [0.2, 0.25) is 0 Å². The van der Waals surface area contributed by atoms with E-state index in [-0.39, 0.29) is 10.3 Å². The van der Waals surface area contributed by atoms with Crippen LogP contribution in [0, 0.1) is 5.92 Å². The topological polar surface area (TPSA) is 63.6 Å². The van der Waals surface area contributed by atoms with Crippen molar-refractivity contribution in [1.29, 1.82) is 0 Å². The van der Waals surface area contributed by atoms with E-state index in [4.69, 9.17) is 23.2 Å². The molecule has 0 saturated carbocycles. The molecule has 23 heavy (non-hydrogen) atoms. The normalized spacial score (nSPS) is 17.3. The third-order valence-electron chi connectivity index (χ3n) is 4.09. The van der Waals surface area contributed by atoms with Crippen molar-refractivity contribution in [3.8, 4) is 0 Å². The van der Waals surface area contributed by atoms with E-state index in [1.807, 2.05) is 0 Å². The van der Waals surface area contributed by atoms with Crippen LogP contribution in [0.25, 0.3) is 10.2 Å². The molecule has 118 valence electrons. The number of nitrogens with one attached hydrogen (secondary N) is 1. The zero-order valence-electron chi connectivity index (χ0n) is 12.3. The SMILES string of the molecule is CC1CCc2sc3ncnc(Nc4c(Cl)ncnc4Cl)c3c2C1. The van der Waals surface area contributed by atoms with Crippen LogP contribution >= 0.6 is 34.5 Å². The van der Waals surface area contributed by atoms with Crippen molar-refractivity contribution < 1.29 is 0 Å². The summed E-state index contributed by atoms with van der Waals surface area (Å²) in [6, 6.07) is 0. The lowest BCUT2D eigenvalue weighted by Crippen LogP contribution is -2.09. The minimum Gasteiger partial charge on any atom is -0.335 e. The van der Waals surface area contributed by atoms with Crippen LogP contribution in [-0.2, 0) is 12.8 Å². The molecule has 0 amide bonds. The van der Waals surface area contributed by atoms with E-state index in [2.05, 4.69) is 32.2 Å². The average molecular weight is 366 g/mol. The van der Waals surface area contributed by atoms with Gasteiger partial charge in [-0.3, -0.25) is 0 Å². The van der Waals surface area contributed by atoms with Crippen molar-refractivity contribution in [2.45, 2.75) is 26.2 Å². The molecule has 5 nitrogen and oxygen atoms in total. The second-order valence-corrected chi connectivity index (χ2v) is 7.51. The Bertz CT molecular complexity index is 875. The molecular formula is C15H13Cl2N5S. The molecule has 0 aromatic carbocycles. The monoisotopic (exact) mass is 365 g/mol. The van der Waals surface area contributed by atoms with E-state index in [1.54, 1.807) is 17.7 Å². The molecule has 0 aliphatic heterocycles. The summed E-state index contributed by atoms with van der Waals surface area (Å²) in [4.78, 5) is 19.2. The van der Waals surface area contributed by atoms with Crippen LogP contribution in [0.15, 0.2) is 12.7 Å². The van der Waals surface area contributed by atoms with Crippen LogP contribution in [0.1, 0.15) is 23.8 Å². The quantitative estimate of drug-likeness (QED) is 0.669. The van der Waals surface area contributed by atoms with Crippen molar-refractivity contribution in [2.75, 3.05) is 5.32 Å². The summed E-state index contributed by atoms with van der Waals surface area (Å²) in [6.07, 6.45) is 6.26. The molecule has 0 bridgehead atoms. The van der Waals surface area contributed by atoms with Crippen LogP contribution in [0.4, 0.5) is 11.5 Å². The first-order chi connectivity index (χ1) is 11.1. The fraction of sp³-hybridized carbons (Fsp3) is 0.333. The number of hydrogen-bond donors (Lipinski definition) is 1. The lowest BCUT2D eigenvalue weighted by molar-refractivity contribution is 0.508. The van der Waals surface area contributed by atoms with Crippen LogP contribution in [0.5, 0.6) is 0 Å². The van der Waals surface area contributed by atoms with Crippen LogP contribution in [-0.4, -0.2) is 19.9 Å². The van der Waals surface area contributed by atoms with E-state index < -0.39 is 0 Å². The van der Waals surface area contributed by atoms with Gasteiger partial charge in [-0.2, -0.15) is 0 Å². The zero-order valence-corrected chi connectivity index (χ0v) is 14.6. The van der Waals surface area contributed by atoms with Gasteiger partial charge in [0.05, 0.1) is 5.39 Å². The molecule has 3 aromatic rings. The Kier molecular flexibility index (Phi) is 3.83. The van der Waals surface area contributed by atoms with Crippen molar-refractivity contribution in [1.82, 2.24) is 19.9 Å². The van der Waals surface area contributed by atoms with Crippen molar-refractivity contribution in [2.24, 2.45) is 5.92 Å². The maximum absolute atomic E-state index is 6.13. The number of nitrogens with zero attached hydrogens (tertiary/aromatic N) is 4. The third-order valence-corrected chi connectivity index (χ3v) is 5.86. The van der Waals surface area contributed by atoms with Gasteiger partial charge >= 0.3 is 0 Å². The standard InChI is InChI=1S/C15H13Cl2N5S/c1-7-2-3-9-8(4-7)10-14(20-6-21-15(10)23-9)22-11-12(16)18-5-19-13(11)17/h5-7H,2-4H2,1H3,(H,20,21,22). The number of halogens is 2. The van der Waals surface area contributed by atoms with Gasteiger partial charge in [0.25, 0.3) is 0 Å². The van der Waals surface area contributed by atoms with Gasteiger partial charge in [0.1, 0.15) is 29.0 Å². The highest BCUT2D eigenvalue weighted by atomic mass is 35.5. The number of rotatable bonds is 2. The van der Waals surface area contributed by atoms with Gasteiger partial charge in [-0.15, -0.1) is 11.3 Å². The summed E-state index contributed by atoms with van der Waals surface area (Å²) in [5, 5.41) is 4.81. The van der Waals surface area contributed by atoms with Crippen LogP contribution in [0.3, 0.4) is 0 Å². The summed E-state index contributed by atoms with van der Waals surface area (Å²) in [5.74, 6) is 1.38. The van der Waals surface area contributed by atoms with Crippen molar-refractivity contribution in [3.05, 3.63) is 33.4 Å². The van der Waals surface area contributed by atoms with E-state index in [9.17, 15) is 0 Å². The molecule has 1 N–H and O–H groups in total. The highest BCUT2D eigenvalue weighted by Gasteiger charge is 2.23. The summed E-state index contributed by atoms with van der Waals surface area (Å²) in [5.41, 5.74) is 1.82. The molecule has 0 saturated heterocycles. The largest absolute Gasteiger partial charge is 0.335 e. The Morgan fingerprint density at radius 1 is 1.13 bits per heavy atom. The van der Waals surface area contributed by atoms with Gasteiger partial charge in [0, 0.05) is 4.88 Å². The Morgan fingerprint density at radius 2 is 1.87 bits per heavy atom. The fourth-order valence-electron chi connectivity index (χ4n) is 2.94. The molecule has 1 aliphatic rings. The van der Waals surface area contributed by atoms with Crippen LogP contribution in [0.2, 0.25) is 10.3 Å². The molecule has 0 radical (unpaired) electrons. The second kappa shape index (κ2) is 5.85. The maximum atomic E-state index is 6.13. The highest BCUT2D eigenvalue weighted by molar-refractivity contribution is 7.19. The van der Waals surface area contributed by atoms with E-state index in [0.717, 1.165) is 23.1 Å². The minimum atomic E-state index is 0.272. The Morgan fingerprint density at radius 3 is 2.65 bits per heavy atom. The minimum absolute atomic E-state index is 0.272. The smallest absolute Gasteiger partial charge is 0.157 e. The summed E-state index contributed by atoms with van der Waals surface area (Å²) in [6.45, 7) is 2.28. The first-order valence-corrected chi connectivity index (χ1v) is 8.89. The molecule has 1 unspecified atom stereocenters. The molecule has 0 spiro atoms. The first-order valence-electron chi connectivity index (χ1n) is 7.31. The zero-order chi connectivity index (χ0) is 16.0. The van der Waals surface area contributed by atoms with Gasteiger partial charge in [-0.1, -0.05) is 30.1 Å². The number of aryl methyl sites for hydroxylation is 1. The summed E-state index contributed by atoms with van der Waals surface area (Å²) >= 11 is 14.0. The van der Waals surface area contributed by atoms with E-state index >= 15 is 0 Å². The number of anilines is 2. The summed E-state index contributed by atoms with van der Waals surface area (Å²) in [7, 11) is 0. The number of fused-ring (bicyclic) bond motifs is 3. The maximum Gasteiger partial charge on any atom is 0.157 e. The Hall–Kier alpha value is -1.50. The lowest BCUT2D eigenvalue weighted by atomic mass is 9.88. The van der Waals surface area contributed by atoms with Crippen LogP contribution < -0.4 is 5.32 Å². The summed E-state index contributed by atoms with van der Waals surface area (Å²) < 4.78 is 0. The van der Waals surface area contributed by atoms with E-state index in [1.165, 1.54) is 23.2 Å². The molecule has 3 aromatic heterocycles. The second-order valence-electron chi connectivity index (χ2n) is 5.71. The molecule has 3 heterocycles. The van der Waals surface area contributed by atoms with Crippen molar-refractivity contribution in [3.63, 3.8) is 0 Å². The molecule has 1 atom stereocenters.